The molecule has 1 N–H and O–H groups in total. The Balaban J connectivity index is 1.06. The van der Waals surface area contributed by atoms with E-state index in [1.807, 2.05) is 29.2 Å². The molecule has 2 heterocycles. The molecule has 178 valence electrons. The molecule has 33 heavy (non-hydrogen) atoms. The van der Waals surface area contributed by atoms with Gasteiger partial charge in [0.15, 0.2) is 0 Å². The van der Waals surface area contributed by atoms with Crippen LogP contribution >= 0.6 is 0 Å². The number of urea groups is 1. The molecule has 0 atom stereocenters. The van der Waals surface area contributed by atoms with Gasteiger partial charge in [-0.05, 0) is 93.1 Å². The standard InChI is InChI=1S/C27H37N3O3/c1-33-23-5-3-2-4-22(23)28-25(32)29-9-6-26(7-10-29)8-11-30(18-26)24(31)27-15-19-12-20(16-27)14-21(13-19)17-27/h2-5,19-21H,6-18H2,1H3,(H,28,32). The van der Waals surface area contributed by atoms with E-state index in [-0.39, 0.29) is 16.9 Å². The van der Waals surface area contributed by atoms with Gasteiger partial charge in [-0.15, -0.1) is 0 Å². The lowest BCUT2D eigenvalue weighted by molar-refractivity contribution is -0.157. The zero-order valence-electron chi connectivity index (χ0n) is 19.9. The summed E-state index contributed by atoms with van der Waals surface area (Å²) in [6, 6.07) is 7.46. The van der Waals surface area contributed by atoms with Gasteiger partial charge < -0.3 is 19.9 Å². The molecule has 0 unspecified atom stereocenters. The Bertz CT molecular complexity index is 901. The first-order valence-electron chi connectivity index (χ1n) is 13.0. The monoisotopic (exact) mass is 451 g/mol. The first-order valence-corrected chi connectivity index (χ1v) is 13.0. The number of methoxy groups -OCH3 is 1. The van der Waals surface area contributed by atoms with E-state index in [9.17, 15) is 9.59 Å². The first kappa shape index (κ1) is 21.3. The number of para-hydroxylation sites is 2. The summed E-state index contributed by atoms with van der Waals surface area (Å²) in [5.74, 6) is 3.58. The lowest BCUT2D eigenvalue weighted by Crippen LogP contribution is -2.54. The maximum absolute atomic E-state index is 13.8. The molecular weight excluding hydrogens is 414 g/mol. The van der Waals surface area contributed by atoms with Gasteiger partial charge in [0.1, 0.15) is 5.75 Å². The average Bonchev–Trinajstić information content (AvgIpc) is 3.21. The van der Waals surface area contributed by atoms with Crippen molar-refractivity contribution in [2.24, 2.45) is 28.6 Å². The second-order valence-corrected chi connectivity index (χ2v) is 11.8. The summed E-state index contributed by atoms with van der Waals surface area (Å²) in [6.07, 6.45) is 10.6. The average molecular weight is 452 g/mol. The van der Waals surface area contributed by atoms with E-state index in [4.69, 9.17) is 4.74 Å². The van der Waals surface area contributed by atoms with Crippen LogP contribution in [0.3, 0.4) is 0 Å². The van der Waals surface area contributed by atoms with Crippen LogP contribution in [0.5, 0.6) is 5.75 Å². The highest BCUT2D eigenvalue weighted by Gasteiger charge is 2.57. The topological polar surface area (TPSA) is 61.9 Å². The van der Waals surface area contributed by atoms with Gasteiger partial charge in [-0.1, -0.05) is 12.1 Å². The molecule has 1 aromatic rings. The molecule has 0 aromatic heterocycles. The summed E-state index contributed by atoms with van der Waals surface area (Å²) in [6.45, 7) is 3.31. The molecule has 0 radical (unpaired) electrons. The smallest absolute Gasteiger partial charge is 0.321 e. The third-order valence-corrected chi connectivity index (χ3v) is 9.68. The minimum Gasteiger partial charge on any atom is -0.495 e. The third-order valence-electron chi connectivity index (χ3n) is 9.68. The molecule has 6 aliphatic rings. The number of likely N-dealkylation sites (tertiary alicyclic amines) is 2. The van der Waals surface area contributed by atoms with Crippen molar-refractivity contribution < 1.29 is 14.3 Å². The van der Waals surface area contributed by atoms with Crippen molar-refractivity contribution in [2.75, 3.05) is 38.6 Å². The van der Waals surface area contributed by atoms with E-state index in [0.717, 1.165) is 82.5 Å². The number of piperidine rings is 1. The Morgan fingerprint density at radius 3 is 2.09 bits per heavy atom. The molecular formula is C27H37N3O3. The molecule has 7 rings (SSSR count). The molecule has 4 aliphatic carbocycles. The number of hydrogen-bond donors (Lipinski definition) is 1. The Kier molecular flexibility index (Phi) is 5.11. The fraction of sp³-hybridized carbons (Fsp3) is 0.704. The number of carbonyl (C=O) groups is 2. The van der Waals surface area contributed by atoms with Gasteiger partial charge >= 0.3 is 6.03 Å². The van der Waals surface area contributed by atoms with Gasteiger partial charge in [-0.2, -0.15) is 0 Å². The molecule has 2 aliphatic heterocycles. The first-order chi connectivity index (χ1) is 16.0. The number of ether oxygens (including phenoxy) is 1. The van der Waals surface area contributed by atoms with Crippen LogP contribution in [-0.2, 0) is 4.79 Å². The minimum atomic E-state index is -0.0613. The number of hydrogen-bond acceptors (Lipinski definition) is 3. The number of rotatable bonds is 3. The highest BCUT2D eigenvalue weighted by Crippen LogP contribution is 2.61. The molecule has 6 nitrogen and oxygen atoms in total. The van der Waals surface area contributed by atoms with Crippen LogP contribution in [0.15, 0.2) is 24.3 Å². The van der Waals surface area contributed by atoms with E-state index < -0.39 is 0 Å². The van der Waals surface area contributed by atoms with Crippen molar-refractivity contribution in [3.05, 3.63) is 24.3 Å². The number of carbonyl (C=O) groups excluding carboxylic acids is 2. The number of nitrogens with zero attached hydrogens (tertiary/aromatic N) is 2. The van der Waals surface area contributed by atoms with Crippen LogP contribution in [-0.4, -0.2) is 55.0 Å². The van der Waals surface area contributed by atoms with E-state index in [1.54, 1.807) is 7.11 Å². The zero-order chi connectivity index (χ0) is 22.6. The molecule has 6 heteroatoms. The second-order valence-electron chi connectivity index (χ2n) is 11.8. The maximum Gasteiger partial charge on any atom is 0.321 e. The van der Waals surface area contributed by atoms with Crippen molar-refractivity contribution in [2.45, 2.75) is 57.8 Å². The molecule has 1 spiro atoms. The SMILES string of the molecule is COc1ccccc1NC(=O)N1CCC2(CC1)CCN(C(=O)C13CC4CC(CC(C4)C1)C3)C2. The summed E-state index contributed by atoms with van der Waals surface area (Å²) in [5, 5.41) is 3.01. The summed E-state index contributed by atoms with van der Waals surface area (Å²) >= 11 is 0. The highest BCUT2D eigenvalue weighted by atomic mass is 16.5. The fourth-order valence-corrected chi connectivity index (χ4v) is 8.35. The summed E-state index contributed by atoms with van der Waals surface area (Å²) in [4.78, 5) is 30.8. The van der Waals surface area contributed by atoms with Crippen LogP contribution < -0.4 is 10.1 Å². The van der Waals surface area contributed by atoms with Crippen molar-refractivity contribution in [3.8, 4) is 5.75 Å². The quantitative estimate of drug-likeness (QED) is 0.721. The van der Waals surface area contributed by atoms with Crippen molar-refractivity contribution in [1.29, 1.82) is 0 Å². The Morgan fingerprint density at radius 1 is 0.909 bits per heavy atom. The molecule has 4 bridgehead atoms. The molecule has 1 aromatic carbocycles. The van der Waals surface area contributed by atoms with E-state index >= 15 is 0 Å². The van der Waals surface area contributed by atoms with Gasteiger partial charge in [0.05, 0.1) is 18.2 Å². The van der Waals surface area contributed by atoms with Crippen LogP contribution in [0.2, 0.25) is 0 Å². The maximum atomic E-state index is 13.8. The largest absolute Gasteiger partial charge is 0.495 e. The van der Waals surface area contributed by atoms with Crippen LogP contribution in [0, 0.1) is 28.6 Å². The van der Waals surface area contributed by atoms with Gasteiger partial charge in [0.25, 0.3) is 0 Å². The van der Waals surface area contributed by atoms with Gasteiger partial charge in [0, 0.05) is 26.2 Å². The molecule has 4 saturated carbocycles. The van der Waals surface area contributed by atoms with Crippen molar-refractivity contribution in [3.63, 3.8) is 0 Å². The molecule has 3 amide bonds. The predicted molar refractivity (Wildman–Crippen MR) is 127 cm³/mol. The van der Waals surface area contributed by atoms with Crippen molar-refractivity contribution in [1.82, 2.24) is 9.80 Å². The Morgan fingerprint density at radius 2 is 1.48 bits per heavy atom. The lowest BCUT2D eigenvalue weighted by atomic mass is 9.49. The van der Waals surface area contributed by atoms with Gasteiger partial charge in [-0.3, -0.25) is 4.79 Å². The zero-order valence-corrected chi connectivity index (χ0v) is 19.9. The molecule has 6 fully saturated rings. The van der Waals surface area contributed by atoms with Crippen molar-refractivity contribution >= 4 is 17.6 Å². The number of nitrogens with one attached hydrogen (secondary N) is 1. The number of amides is 3. The number of benzene rings is 1. The Labute approximate surface area is 197 Å². The van der Waals surface area contributed by atoms with Gasteiger partial charge in [-0.25, -0.2) is 4.79 Å². The van der Waals surface area contributed by atoms with Gasteiger partial charge in [0.2, 0.25) is 5.91 Å². The summed E-state index contributed by atoms with van der Waals surface area (Å²) in [5.41, 5.74) is 0.868. The van der Waals surface area contributed by atoms with E-state index in [1.165, 1.54) is 19.3 Å². The fourth-order valence-electron chi connectivity index (χ4n) is 8.35. The molecule has 2 saturated heterocycles. The lowest BCUT2D eigenvalue weighted by Gasteiger charge is -2.56. The summed E-state index contributed by atoms with van der Waals surface area (Å²) < 4.78 is 5.36. The highest BCUT2D eigenvalue weighted by molar-refractivity contribution is 5.91. The number of anilines is 1. The predicted octanol–water partition coefficient (Wildman–Crippen LogP) is 4.76. The van der Waals surface area contributed by atoms with E-state index in [0.29, 0.717) is 17.3 Å². The normalized spacial score (nSPS) is 34.0. The minimum absolute atomic E-state index is 0.0321. The van der Waals surface area contributed by atoms with Crippen LogP contribution in [0.1, 0.15) is 57.8 Å². The van der Waals surface area contributed by atoms with E-state index in [2.05, 4.69) is 10.2 Å². The van der Waals surface area contributed by atoms with Crippen LogP contribution in [0.4, 0.5) is 10.5 Å². The Hall–Kier alpha value is -2.24. The van der Waals surface area contributed by atoms with Crippen LogP contribution in [0.25, 0.3) is 0 Å². The second kappa shape index (κ2) is 7.92. The third kappa shape index (κ3) is 3.70. The summed E-state index contributed by atoms with van der Waals surface area (Å²) in [7, 11) is 1.62.